The summed E-state index contributed by atoms with van der Waals surface area (Å²) in [7, 11) is -2.25. The molecule has 24 heavy (non-hydrogen) atoms. The monoisotopic (exact) mass is 366 g/mol. The zero-order chi connectivity index (χ0) is 17.7. The zero-order valence-corrected chi connectivity index (χ0v) is 15.0. The molecular formula is C17H19ClN2O3S. The van der Waals surface area contributed by atoms with Crippen LogP contribution in [0.5, 0.6) is 0 Å². The van der Waals surface area contributed by atoms with Crippen LogP contribution in [0.25, 0.3) is 0 Å². The van der Waals surface area contributed by atoms with E-state index in [1.54, 1.807) is 19.1 Å². The van der Waals surface area contributed by atoms with Crippen molar-refractivity contribution in [2.45, 2.75) is 18.2 Å². The van der Waals surface area contributed by atoms with Crippen molar-refractivity contribution in [1.29, 1.82) is 0 Å². The fourth-order valence-electron chi connectivity index (χ4n) is 2.24. The van der Waals surface area contributed by atoms with E-state index in [9.17, 15) is 13.2 Å². The van der Waals surface area contributed by atoms with E-state index in [2.05, 4.69) is 10.0 Å². The average molecular weight is 367 g/mol. The van der Waals surface area contributed by atoms with Gasteiger partial charge in [-0.1, -0.05) is 29.8 Å². The number of halogens is 1. The summed E-state index contributed by atoms with van der Waals surface area (Å²) in [5, 5.41) is 3.46. The number of benzene rings is 2. The first-order valence-corrected chi connectivity index (χ1v) is 9.26. The van der Waals surface area contributed by atoms with Gasteiger partial charge in [0.1, 0.15) is 0 Å². The molecule has 0 saturated carbocycles. The minimum atomic E-state index is -3.58. The topological polar surface area (TPSA) is 75.3 Å². The fourth-order valence-corrected chi connectivity index (χ4v) is 3.21. The van der Waals surface area contributed by atoms with Gasteiger partial charge in [-0.3, -0.25) is 4.79 Å². The Morgan fingerprint density at radius 3 is 2.58 bits per heavy atom. The molecule has 128 valence electrons. The molecule has 0 fully saturated rings. The molecule has 0 unspecified atom stereocenters. The lowest BCUT2D eigenvalue weighted by Crippen LogP contribution is -2.27. The fraction of sp³-hybridized carbons (Fsp3) is 0.235. The molecule has 0 bridgehead atoms. The second-order valence-corrected chi connectivity index (χ2v) is 7.64. The molecule has 0 saturated heterocycles. The van der Waals surface area contributed by atoms with Crippen LogP contribution in [-0.2, 0) is 16.4 Å². The van der Waals surface area contributed by atoms with E-state index < -0.39 is 10.0 Å². The highest BCUT2D eigenvalue weighted by Gasteiger charge is 2.16. The Morgan fingerprint density at radius 1 is 1.17 bits per heavy atom. The minimum Gasteiger partial charge on any atom is -0.352 e. The van der Waals surface area contributed by atoms with Gasteiger partial charge in [0.25, 0.3) is 5.91 Å². The van der Waals surface area contributed by atoms with Crippen LogP contribution < -0.4 is 10.0 Å². The molecule has 1 amide bonds. The molecule has 0 heterocycles. The molecule has 0 spiro atoms. The minimum absolute atomic E-state index is 0.0654. The Kier molecular flexibility index (Phi) is 5.99. The first-order valence-electron chi connectivity index (χ1n) is 7.40. The molecule has 7 heteroatoms. The highest BCUT2D eigenvalue weighted by Crippen LogP contribution is 2.16. The second-order valence-electron chi connectivity index (χ2n) is 5.32. The molecular weight excluding hydrogens is 348 g/mol. The van der Waals surface area contributed by atoms with Crippen LogP contribution in [0, 0.1) is 6.92 Å². The van der Waals surface area contributed by atoms with Crippen LogP contribution in [0.2, 0.25) is 5.02 Å². The van der Waals surface area contributed by atoms with Crippen molar-refractivity contribution in [2.75, 3.05) is 13.6 Å². The van der Waals surface area contributed by atoms with Gasteiger partial charge in [-0.15, -0.1) is 0 Å². The van der Waals surface area contributed by atoms with Crippen LogP contribution >= 0.6 is 11.6 Å². The van der Waals surface area contributed by atoms with Crippen molar-refractivity contribution >= 4 is 27.5 Å². The van der Waals surface area contributed by atoms with Crippen LogP contribution in [-0.4, -0.2) is 27.9 Å². The van der Waals surface area contributed by atoms with Gasteiger partial charge < -0.3 is 5.32 Å². The summed E-state index contributed by atoms with van der Waals surface area (Å²) in [6, 6.07) is 11.9. The predicted octanol–water partition coefficient (Wildman–Crippen LogP) is 2.53. The third-order valence-electron chi connectivity index (χ3n) is 3.62. The van der Waals surface area contributed by atoms with Crippen LogP contribution in [0.15, 0.2) is 47.4 Å². The quantitative estimate of drug-likeness (QED) is 0.824. The summed E-state index contributed by atoms with van der Waals surface area (Å²) >= 11 is 5.93. The van der Waals surface area contributed by atoms with Gasteiger partial charge >= 0.3 is 0 Å². The van der Waals surface area contributed by atoms with Crippen LogP contribution in [0.3, 0.4) is 0 Å². The van der Waals surface area contributed by atoms with Gasteiger partial charge in [-0.05, 0) is 55.8 Å². The molecule has 2 N–H and O–H groups in total. The summed E-state index contributed by atoms with van der Waals surface area (Å²) in [4.78, 5) is 12.4. The molecule has 0 aliphatic heterocycles. The summed E-state index contributed by atoms with van der Waals surface area (Å²) in [6.07, 6.45) is 0.639. The highest BCUT2D eigenvalue weighted by molar-refractivity contribution is 7.89. The highest BCUT2D eigenvalue weighted by atomic mass is 35.5. The van der Waals surface area contributed by atoms with Gasteiger partial charge in [0, 0.05) is 17.1 Å². The van der Waals surface area contributed by atoms with E-state index in [1.807, 2.05) is 18.2 Å². The molecule has 2 aromatic rings. The molecule has 0 aromatic heterocycles. The SMILES string of the molecule is CNS(=O)(=O)c1ccc(C)c(C(=O)NCCc2cccc(Cl)c2)c1. The van der Waals surface area contributed by atoms with Crippen molar-refractivity contribution in [3.63, 3.8) is 0 Å². The largest absolute Gasteiger partial charge is 0.352 e. The van der Waals surface area contributed by atoms with Crippen molar-refractivity contribution < 1.29 is 13.2 Å². The van der Waals surface area contributed by atoms with Crippen molar-refractivity contribution in [3.05, 3.63) is 64.2 Å². The van der Waals surface area contributed by atoms with Crippen LogP contribution in [0.4, 0.5) is 0 Å². The number of carbonyl (C=O) groups excluding carboxylic acids is 1. The second kappa shape index (κ2) is 7.79. The lowest BCUT2D eigenvalue weighted by atomic mass is 10.1. The van der Waals surface area contributed by atoms with Crippen LogP contribution in [0.1, 0.15) is 21.5 Å². The zero-order valence-electron chi connectivity index (χ0n) is 13.5. The summed E-state index contributed by atoms with van der Waals surface area (Å²) in [6.45, 7) is 2.20. The van der Waals surface area contributed by atoms with Crippen molar-refractivity contribution in [1.82, 2.24) is 10.0 Å². The van der Waals surface area contributed by atoms with E-state index in [0.717, 1.165) is 5.56 Å². The Hall–Kier alpha value is -1.89. The smallest absolute Gasteiger partial charge is 0.251 e. The molecule has 2 rings (SSSR count). The molecule has 0 radical (unpaired) electrons. The number of hydrogen-bond acceptors (Lipinski definition) is 3. The maximum Gasteiger partial charge on any atom is 0.251 e. The molecule has 0 aliphatic rings. The van der Waals surface area contributed by atoms with Gasteiger partial charge in [0.15, 0.2) is 0 Å². The lowest BCUT2D eigenvalue weighted by Gasteiger charge is -2.10. The Labute approximate surface area is 147 Å². The number of rotatable bonds is 6. The first-order chi connectivity index (χ1) is 11.3. The van der Waals surface area contributed by atoms with E-state index in [4.69, 9.17) is 11.6 Å². The summed E-state index contributed by atoms with van der Waals surface area (Å²) < 4.78 is 26.0. The van der Waals surface area contributed by atoms with E-state index >= 15 is 0 Å². The normalized spacial score (nSPS) is 11.3. The maximum atomic E-state index is 12.3. The average Bonchev–Trinajstić information content (AvgIpc) is 2.55. The molecule has 0 aliphatic carbocycles. The van der Waals surface area contributed by atoms with E-state index in [1.165, 1.54) is 19.2 Å². The van der Waals surface area contributed by atoms with Gasteiger partial charge in [-0.2, -0.15) is 0 Å². The lowest BCUT2D eigenvalue weighted by molar-refractivity contribution is 0.0953. The number of amides is 1. The van der Waals surface area contributed by atoms with E-state index in [0.29, 0.717) is 29.1 Å². The Balaban J connectivity index is 2.08. The first kappa shape index (κ1) is 18.4. The predicted molar refractivity (Wildman–Crippen MR) is 94.9 cm³/mol. The number of sulfonamides is 1. The molecule has 5 nitrogen and oxygen atoms in total. The molecule has 0 atom stereocenters. The number of carbonyl (C=O) groups is 1. The standard InChI is InChI=1S/C17H19ClN2O3S/c1-12-6-7-15(24(22,23)19-2)11-16(12)17(21)20-9-8-13-4-3-5-14(18)10-13/h3-7,10-11,19H,8-9H2,1-2H3,(H,20,21). The Bertz CT molecular complexity index is 851. The summed E-state index contributed by atoms with van der Waals surface area (Å²) in [5.74, 6) is -0.303. The van der Waals surface area contributed by atoms with Crippen molar-refractivity contribution in [2.24, 2.45) is 0 Å². The summed E-state index contributed by atoms with van der Waals surface area (Å²) in [5.41, 5.74) is 2.08. The maximum absolute atomic E-state index is 12.3. The van der Waals surface area contributed by atoms with Gasteiger partial charge in [0.05, 0.1) is 4.90 Å². The number of aryl methyl sites for hydroxylation is 1. The van der Waals surface area contributed by atoms with E-state index in [-0.39, 0.29) is 10.8 Å². The third kappa shape index (κ3) is 4.56. The molecule has 2 aromatic carbocycles. The Morgan fingerprint density at radius 2 is 1.92 bits per heavy atom. The van der Waals surface area contributed by atoms with Gasteiger partial charge in [0.2, 0.25) is 10.0 Å². The number of hydrogen-bond donors (Lipinski definition) is 2. The third-order valence-corrected chi connectivity index (χ3v) is 5.27. The number of nitrogens with one attached hydrogen (secondary N) is 2. The van der Waals surface area contributed by atoms with Crippen molar-refractivity contribution in [3.8, 4) is 0 Å². The van der Waals surface area contributed by atoms with Gasteiger partial charge in [-0.25, -0.2) is 13.1 Å².